The highest BCUT2D eigenvalue weighted by molar-refractivity contribution is 6.12. The van der Waals surface area contributed by atoms with Crippen molar-refractivity contribution < 1.29 is 4.42 Å². The third kappa shape index (κ3) is 7.30. The molecule has 0 saturated carbocycles. The van der Waals surface area contributed by atoms with Crippen LogP contribution in [0.1, 0.15) is 0 Å². The Morgan fingerprint density at radius 1 is 0.224 bits per heavy atom. The van der Waals surface area contributed by atoms with Crippen LogP contribution in [0.25, 0.3) is 121 Å². The molecule has 0 aliphatic rings. The minimum absolute atomic E-state index is 0.899. The van der Waals surface area contributed by atoms with Crippen molar-refractivity contribution in [1.29, 1.82) is 0 Å². The Morgan fingerprint density at radius 3 is 1.14 bits per heavy atom. The first-order chi connectivity index (χ1) is 37.7. The number of aromatic nitrogens is 2. The molecule has 4 nitrogen and oxygen atoms in total. The van der Waals surface area contributed by atoms with Crippen LogP contribution in [0.15, 0.2) is 290 Å². The van der Waals surface area contributed by atoms with Crippen molar-refractivity contribution in [2.75, 3.05) is 4.90 Å². The molecule has 4 heteroatoms. The number of benzene rings is 12. The molecule has 3 aromatic heterocycles. The Kier molecular flexibility index (Phi) is 10.2. The summed E-state index contributed by atoms with van der Waals surface area (Å²) in [7, 11) is 0. The molecular formula is C72H47N3O. The highest BCUT2D eigenvalue weighted by Crippen LogP contribution is 2.41. The van der Waals surface area contributed by atoms with Gasteiger partial charge in [0.15, 0.2) is 0 Å². The Hall–Kier alpha value is -10.2. The van der Waals surface area contributed by atoms with Crippen molar-refractivity contribution in [1.82, 2.24) is 9.13 Å². The van der Waals surface area contributed by atoms with Gasteiger partial charge >= 0.3 is 0 Å². The summed E-state index contributed by atoms with van der Waals surface area (Å²) in [5.41, 5.74) is 21.5. The zero-order valence-corrected chi connectivity index (χ0v) is 41.4. The third-order valence-electron chi connectivity index (χ3n) is 15.3. The van der Waals surface area contributed by atoms with E-state index in [1.54, 1.807) is 0 Å². The molecule has 356 valence electrons. The average molecular weight is 970 g/mol. The predicted octanol–water partition coefficient (Wildman–Crippen LogP) is 19.9. The fourth-order valence-electron chi connectivity index (χ4n) is 11.6. The largest absolute Gasteiger partial charge is 0.456 e. The van der Waals surface area contributed by atoms with E-state index in [0.29, 0.717) is 0 Å². The molecule has 12 aromatic carbocycles. The number of para-hydroxylation sites is 5. The van der Waals surface area contributed by atoms with Gasteiger partial charge in [-0.2, -0.15) is 0 Å². The van der Waals surface area contributed by atoms with Crippen LogP contribution in [0.3, 0.4) is 0 Å². The van der Waals surface area contributed by atoms with Gasteiger partial charge in [0.1, 0.15) is 11.2 Å². The van der Waals surface area contributed by atoms with E-state index in [4.69, 9.17) is 4.42 Å². The molecule has 0 bridgehead atoms. The minimum Gasteiger partial charge on any atom is -0.456 e. The van der Waals surface area contributed by atoms with Crippen LogP contribution in [0.5, 0.6) is 0 Å². The second-order valence-corrected chi connectivity index (χ2v) is 19.7. The van der Waals surface area contributed by atoms with Crippen molar-refractivity contribution in [3.63, 3.8) is 0 Å². The normalized spacial score (nSPS) is 11.7. The van der Waals surface area contributed by atoms with Gasteiger partial charge < -0.3 is 18.5 Å². The summed E-state index contributed by atoms with van der Waals surface area (Å²) in [4.78, 5) is 2.36. The van der Waals surface area contributed by atoms with E-state index in [2.05, 4.69) is 287 Å². The van der Waals surface area contributed by atoms with Gasteiger partial charge in [-0.1, -0.05) is 176 Å². The molecule has 76 heavy (non-hydrogen) atoms. The smallest absolute Gasteiger partial charge is 0.135 e. The second-order valence-electron chi connectivity index (χ2n) is 19.7. The second kappa shape index (κ2) is 17.8. The van der Waals surface area contributed by atoms with Crippen LogP contribution in [0.4, 0.5) is 17.1 Å². The summed E-state index contributed by atoms with van der Waals surface area (Å²) in [6.07, 6.45) is 0. The zero-order valence-electron chi connectivity index (χ0n) is 41.4. The Morgan fingerprint density at radius 2 is 0.579 bits per heavy atom. The van der Waals surface area contributed by atoms with Gasteiger partial charge in [-0.15, -0.1) is 0 Å². The monoisotopic (exact) mass is 969 g/mol. The van der Waals surface area contributed by atoms with Gasteiger partial charge in [0, 0.05) is 60.8 Å². The van der Waals surface area contributed by atoms with Crippen LogP contribution in [0, 0.1) is 0 Å². The van der Waals surface area contributed by atoms with Crippen molar-refractivity contribution in [2.24, 2.45) is 0 Å². The molecule has 0 aliphatic carbocycles. The number of anilines is 3. The van der Waals surface area contributed by atoms with Crippen LogP contribution >= 0.6 is 0 Å². The van der Waals surface area contributed by atoms with E-state index in [0.717, 1.165) is 72.6 Å². The first-order valence-corrected chi connectivity index (χ1v) is 26.0. The standard InChI is InChI=1S/C72H47N3O/c1-3-13-56(14-4-1)74-68-21-11-8-18-62(68)65-45-53(34-43-69(65)74)51-29-38-59(39-30-51)73(60-40-31-52(32-41-60)54-35-44-72-66(46-54)64-19-9-12-22-71(64)76-72)58-36-27-49(28-37-58)48-23-25-50(26-24-48)55-33-42-63-61-17-7-10-20-67(61)75(70(63)47-55)57-15-5-2-6-16-57/h1-47H. The van der Waals surface area contributed by atoms with Crippen LogP contribution < -0.4 is 4.90 Å². The Balaban J connectivity index is 0.770. The van der Waals surface area contributed by atoms with E-state index < -0.39 is 0 Å². The van der Waals surface area contributed by atoms with Crippen molar-refractivity contribution >= 4 is 82.6 Å². The highest BCUT2D eigenvalue weighted by atomic mass is 16.3. The van der Waals surface area contributed by atoms with Crippen molar-refractivity contribution in [3.8, 4) is 55.9 Å². The number of hydrogen-bond acceptors (Lipinski definition) is 2. The summed E-state index contributed by atoms with van der Waals surface area (Å²) < 4.78 is 10.9. The first kappa shape index (κ1) is 43.4. The van der Waals surface area contributed by atoms with Gasteiger partial charge in [-0.25, -0.2) is 0 Å². The molecule has 0 unspecified atom stereocenters. The molecule has 0 aliphatic heterocycles. The first-order valence-electron chi connectivity index (χ1n) is 26.0. The lowest BCUT2D eigenvalue weighted by Crippen LogP contribution is -2.09. The van der Waals surface area contributed by atoms with E-state index in [1.807, 2.05) is 12.1 Å². The van der Waals surface area contributed by atoms with E-state index in [-0.39, 0.29) is 0 Å². The number of furan rings is 1. The highest BCUT2D eigenvalue weighted by Gasteiger charge is 2.18. The van der Waals surface area contributed by atoms with E-state index in [1.165, 1.54) is 65.9 Å². The molecule has 15 aromatic rings. The maximum absolute atomic E-state index is 6.17. The van der Waals surface area contributed by atoms with Crippen molar-refractivity contribution in [3.05, 3.63) is 285 Å². The molecule has 0 saturated heterocycles. The maximum atomic E-state index is 6.17. The van der Waals surface area contributed by atoms with Crippen LogP contribution in [0.2, 0.25) is 0 Å². The molecule has 0 N–H and O–H groups in total. The summed E-state index contributed by atoms with van der Waals surface area (Å²) >= 11 is 0. The van der Waals surface area contributed by atoms with Crippen molar-refractivity contribution in [2.45, 2.75) is 0 Å². The molecule has 0 radical (unpaired) electrons. The molecule has 0 atom stereocenters. The van der Waals surface area contributed by atoms with Gasteiger partial charge in [0.05, 0.1) is 22.1 Å². The Labute approximate surface area is 439 Å². The summed E-state index contributed by atoms with van der Waals surface area (Å²) in [5.74, 6) is 0. The van der Waals surface area contributed by atoms with E-state index >= 15 is 0 Å². The fraction of sp³-hybridized carbons (Fsp3) is 0. The predicted molar refractivity (Wildman–Crippen MR) is 319 cm³/mol. The number of hydrogen-bond donors (Lipinski definition) is 0. The summed E-state index contributed by atoms with van der Waals surface area (Å²) in [6, 6.07) is 103. The minimum atomic E-state index is 0.899. The molecule has 0 spiro atoms. The lowest BCUT2D eigenvalue weighted by molar-refractivity contribution is 0.669. The zero-order chi connectivity index (χ0) is 50.1. The lowest BCUT2D eigenvalue weighted by atomic mass is 9.99. The maximum Gasteiger partial charge on any atom is 0.135 e. The van der Waals surface area contributed by atoms with Crippen LogP contribution in [-0.4, -0.2) is 9.13 Å². The fourth-order valence-corrected chi connectivity index (χ4v) is 11.6. The molecule has 0 fully saturated rings. The average Bonchev–Trinajstić information content (AvgIpc) is 4.20. The lowest BCUT2D eigenvalue weighted by Gasteiger charge is -2.26. The van der Waals surface area contributed by atoms with Crippen LogP contribution in [-0.2, 0) is 0 Å². The SMILES string of the molecule is c1ccc(-n2c3ccccc3c3cc(-c4ccc(N(c5ccc(-c6ccc(-c7ccc8c9ccccc9n(-c9ccccc9)c8c7)cc6)cc5)c5ccc(-c6ccc7oc8ccccc8c7c6)cc5)cc4)ccc32)cc1. The number of nitrogens with zero attached hydrogens (tertiary/aromatic N) is 3. The quantitative estimate of drug-likeness (QED) is 0.144. The van der Waals surface area contributed by atoms with Gasteiger partial charge in [0.25, 0.3) is 0 Å². The molecule has 15 rings (SSSR count). The van der Waals surface area contributed by atoms with Gasteiger partial charge in [-0.05, 0) is 154 Å². The van der Waals surface area contributed by atoms with E-state index in [9.17, 15) is 0 Å². The summed E-state index contributed by atoms with van der Waals surface area (Å²) in [5, 5.41) is 7.25. The van der Waals surface area contributed by atoms with Gasteiger partial charge in [-0.3, -0.25) is 0 Å². The third-order valence-corrected chi connectivity index (χ3v) is 15.3. The molecular weight excluding hydrogens is 923 g/mol. The Bertz CT molecular complexity index is 4640. The summed E-state index contributed by atoms with van der Waals surface area (Å²) in [6.45, 7) is 0. The number of fused-ring (bicyclic) bond motifs is 9. The molecule has 3 heterocycles. The number of rotatable bonds is 9. The van der Waals surface area contributed by atoms with Gasteiger partial charge in [0.2, 0.25) is 0 Å². The topological polar surface area (TPSA) is 26.2 Å². The molecule has 0 amide bonds.